The van der Waals surface area contributed by atoms with Gasteiger partial charge in [0.25, 0.3) is 5.91 Å². The molecule has 1 amide bonds. The lowest BCUT2D eigenvalue weighted by molar-refractivity contribution is 0.0951. The Labute approximate surface area is 118 Å². The van der Waals surface area contributed by atoms with Crippen LogP contribution in [0.1, 0.15) is 30.6 Å². The zero-order chi connectivity index (χ0) is 14.3. The van der Waals surface area contributed by atoms with Gasteiger partial charge < -0.3 is 10.2 Å². The Morgan fingerprint density at radius 2 is 2.16 bits per heavy atom. The SMILES string of the molecule is CCN(CC)CCCNC(=O)c1cc(F)cnc1Cl. The van der Waals surface area contributed by atoms with Crippen molar-refractivity contribution >= 4 is 17.5 Å². The lowest BCUT2D eigenvalue weighted by atomic mass is 10.2. The Morgan fingerprint density at radius 3 is 2.79 bits per heavy atom. The molecule has 1 rings (SSSR count). The van der Waals surface area contributed by atoms with Crippen molar-refractivity contribution in [3.05, 3.63) is 28.8 Å². The van der Waals surface area contributed by atoms with E-state index in [1.54, 1.807) is 0 Å². The first-order valence-corrected chi connectivity index (χ1v) is 6.77. The maximum absolute atomic E-state index is 13.0. The minimum absolute atomic E-state index is 0.0163. The molecular formula is C13H19ClFN3O. The zero-order valence-corrected chi connectivity index (χ0v) is 12.0. The number of hydrogen-bond donors (Lipinski definition) is 1. The number of carbonyl (C=O) groups is 1. The van der Waals surface area contributed by atoms with Crippen molar-refractivity contribution in [1.82, 2.24) is 15.2 Å². The topological polar surface area (TPSA) is 45.2 Å². The summed E-state index contributed by atoms with van der Waals surface area (Å²) in [5.74, 6) is -0.964. The van der Waals surface area contributed by atoms with E-state index in [0.717, 1.165) is 38.3 Å². The molecule has 0 aliphatic carbocycles. The number of hydrogen-bond acceptors (Lipinski definition) is 3. The Hall–Kier alpha value is -1.20. The van der Waals surface area contributed by atoms with E-state index in [1.165, 1.54) is 0 Å². The van der Waals surface area contributed by atoms with Crippen LogP contribution in [0.2, 0.25) is 5.15 Å². The molecule has 0 atom stereocenters. The third kappa shape index (κ3) is 5.12. The van der Waals surface area contributed by atoms with Gasteiger partial charge in [0, 0.05) is 6.54 Å². The van der Waals surface area contributed by atoms with Gasteiger partial charge in [0.1, 0.15) is 11.0 Å². The number of amides is 1. The first-order chi connectivity index (χ1) is 9.08. The van der Waals surface area contributed by atoms with Crippen LogP contribution in [0, 0.1) is 5.82 Å². The van der Waals surface area contributed by atoms with E-state index in [0.29, 0.717) is 6.54 Å². The lowest BCUT2D eigenvalue weighted by Crippen LogP contribution is -2.30. The van der Waals surface area contributed by atoms with Crippen molar-refractivity contribution in [3.8, 4) is 0 Å². The van der Waals surface area contributed by atoms with Gasteiger partial charge in [-0.05, 0) is 32.1 Å². The Bertz CT molecular complexity index is 424. The predicted octanol–water partition coefficient (Wildman–Crippen LogP) is 2.34. The van der Waals surface area contributed by atoms with Crippen molar-refractivity contribution in [2.24, 2.45) is 0 Å². The Balaban J connectivity index is 2.41. The highest BCUT2D eigenvalue weighted by atomic mass is 35.5. The fourth-order valence-corrected chi connectivity index (χ4v) is 1.91. The number of nitrogens with zero attached hydrogens (tertiary/aromatic N) is 2. The van der Waals surface area contributed by atoms with Crippen LogP contribution in [0.15, 0.2) is 12.3 Å². The molecular weight excluding hydrogens is 269 g/mol. The van der Waals surface area contributed by atoms with Gasteiger partial charge in [-0.3, -0.25) is 4.79 Å². The molecule has 0 aliphatic heterocycles. The molecule has 0 aromatic carbocycles. The summed E-state index contributed by atoms with van der Waals surface area (Å²) in [5, 5.41) is 2.73. The normalized spacial score (nSPS) is 10.8. The maximum Gasteiger partial charge on any atom is 0.254 e. The van der Waals surface area contributed by atoms with E-state index < -0.39 is 11.7 Å². The molecule has 1 aromatic heterocycles. The smallest absolute Gasteiger partial charge is 0.254 e. The van der Waals surface area contributed by atoms with Crippen LogP contribution in [0.25, 0.3) is 0 Å². The second-order valence-corrected chi connectivity index (χ2v) is 4.49. The summed E-state index contributed by atoms with van der Waals surface area (Å²) in [5.41, 5.74) is 0.0736. The Kier molecular flexibility index (Phi) is 6.73. The molecule has 1 aromatic rings. The van der Waals surface area contributed by atoms with Gasteiger partial charge in [-0.2, -0.15) is 0 Å². The van der Waals surface area contributed by atoms with Crippen molar-refractivity contribution < 1.29 is 9.18 Å². The molecule has 1 heterocycles. The number of pyridine rings is 1. The fourth-order valence-electron chi connectivity index (χ4n) is 1.72. The molecule has 0 saturated heterocycles. The van der Waals surface area contributed by atoms with E-state index >= 15 is 0 Å². The molecule has 0 bridgehead atoms. The molecule has 0 fully saturated rings. The molecule has 0 unspecified atom stereocenters. The summed E-state index contributed by atoms with van der Waals surface area (Å²) >= 11 is 5.75. The van der Waals surface area contributed by atoms with Crippen LogP contribution in [-0.2, 0) is 0 Å². The number of halogens is 2. The number of rotatable bonds is 7. The summed E-state index contributed by atoms with van der Waals surface area (Å²) in [6.07, 6.45) is 1.83. The van der Waals surface area contributed by atoms with Crippen LogP contribution in [-0.4, -0.2) is 42.0 Å². The van der Waals surface area contributed by atoms with Crippen LogP contribution < -0.4 is 5.32 Å². The van der Waals surface area contributed by atoms with Gasteiger partial charge in [-0.15, -0.1) is 0 Å². The summed E-state index contributed by atoms with van der Waals surface area (Å²) < 4.78 is 13.0. The van der Waals surface area contributed by atoms with Crippen LogP contribution >= 0.6 is 11.6 Å². The van der Waals surface area contributed by atoms with Crippen molar-refractivity contribution in [2.75, 3.05) is 26.2 Å². The quantitative estimate of drug-likeness (QED) is 0.618. The first kappa shape index (κ1) is 15.9. The summed E-state index contributed by atoms with van der Waals surface area (Å²) in [4.78, 5) is 17.7. The molecule has 106 valence electrons. The number of carbonyl (C=O) groups excluding carboxylic acids is 1. The van der Waals surface area contributed by atoms with Crippen molar-refractivity contribution in [3.63, 3.8) is 0 Å². The van der Waals surface area contributed by atoms with Gasteiger partial charge in [-0.1, -0.05) is 25.4 Å². The van der Waals surface area contributed by atoms with E-state index in [4.69, 9.17) is 11.6 Å². The summed E-state index contributed by atoms with van der Waals surface area (Å²) in [6, 6.07) is 1.09. The van der Waals surface area contributed by atoms with Gasteiger partial charge in [0.15, 0.2) is 0 Å². The molecule has 4 nitrogen and oxygen atoms in total. The summed E-state index contributed by atoms with van der Waals surface area (Å²) in [6.45, 7) is 7.62. The average molecular weight is 288 g/mol. The van der Waals surface area contributed by atoms with Crippen molar-refractivity contribution in [1.29, 1.82) is 0 Å². The molecule has 19 heavy (non-hydrogen) atoms. The lowest BCUT2D eigenvalue weighted by Gasteiger charge is -2.17. The standard InChI is InChI=1S/C13H19ClFN3O/c1-3-18(4-2)7-5-6-16-13(19)11-8-10(15)9-17-12(11)14/h8-9H,3-7H2,1-2H3,(H,16,19). The van der Waals surface area contributed by atoms with Crippen LogP contribution in [0.3, 0.4) is 0 Å². The minimum Gasteiger partial charge on any atom is -0.352 e. The monoisotopic (exact) mass is 287 g/mol. The van der Waals surface area contributed by atoms with E-state index in [9.17, 15) is 9.18 Å². The minimum atomic E-state index is -0.572. The molecule has 0 spiro atoms. The second-order valence-electron chi connectivity index (χ2n) is 4.13. The first-order valence-electron chi connectivity index (χ1n) is 6.40. The van der Waals surface area contributed by atoms with E-state index in [1.807, 2.05) is 0 Å². The third-order valence-electron chi connectivity index (χ3n) is 2.88. The fraction of sp³-hybridized carbons (Fsp3) is 0.538. The van der Waals surface area contributed by atoms with Gasteiger partial charge >= 0.3 is 0 Å². The number of nitrogens with one attached hydrogen (secondary N) is 1. The Morgan fingerprint density at radius 1 is 1.47 bits per heavy atom. The van der Waals surface area contributed by atoms with E-state index in [-0.39, 0.29) is 10.7 Å². The van der Waals surface area contributed by atoms with Crippen molar-refractivity contribution in [2.45, 2.75) is 20.3 Å². The van der Waals surface area contributed by atoms with Gasteiger partial charge in [0.2, 0.25) is 0 Å². The third-order valence-corrected chi connectivity index (χ3v) is 3.18. The highest BCUT2D eigenvalue weighted by Crippen LogP contribution is 2.13. The molecule has 1 N–H and O–H groups in total. The summed E-state index contributed by atoms with van der Waals surface area (Å²) in [7, 11) is 0. The van der Waals surface area contributed by atoms with Gasteiger partial charge in [-0.25, -0.2) is 9.37 Å². The van der Waals surface area contributed by atoms with E-state index in [2.05, 4.69) is 29.0 Å². The highest BCUT2D eigenvalue weighted by molar-refractivity contribution is 6.32. The molecule has 0 aliphatic rings. The second kappa shape index (κ2) is 8.07. The number of aromatic nitrogens is 1. The highest BCUT2D eigenvalue weighted by Gasteiger charge is 2.12. The molecule has 0 saturated carbocycles. The van der Waals surface area contributed by atoms with Gasteiger partial charge in [0.05, 0.1) is 11.8 Å². The zero-order valence-electron chi connectivity index (χ0n) is 11.2. The molecule has 0 radical (unpaired) electrons. The van der Waals surface area contributed by atoms with Crippen LogP contribution in [0.4, 0.5) is 4.39 Å². The predicted molar refractivity (Wildman–Crippen MR) is 73.9 cm³/mol. The molecule has 6 heteroatoms. The largest absolute Gasteiger partial charge is 0.352 e. The maximum atomic E-state index is 13.0. The van der Waals surface area contributed by atoms with Crippen LogP contribution in [0.5, 0.6) is 0 Å². The average Bonchev–Trinajstić information content (AvgIpc) is 2.41.